The van der Waals surface area contributed by atoms with Gasteiger partial charge >= 0.3 is 19.8 Å². The van der Waals surface area contributed by atoms with E-state index < -0.39 is 32.5 Å². The molecule has 0 rings (SSSR count). The van der Waals surface area contributed by atoms with Crippen molar-refractivity contribution in [2.75, 3.05) is 13.2 Å². The highest BCUT2D eigenvalue weighted by Crippen LogP contribution is 2.36. The number of carbonyl (C=O) groups excluding carboxylic acids is 2. The summed E-state index contributed by atoms with van der Waals surface area (Å²) in [6, 6.07) is 0. The van der Waals surface area contributed by atoms with E-state index in [4.69, 9.17) is 19.3 Å². The molecule has 0 radical (unpaired) electrons. The Labute approximate surface area is 263 Å². The SMILES string of the molecule is CCCCC/C=C\CCCCCCCC(=O)OC[C@H](COP(=O)(O)O)OC(=O)CCCCCCCCCCCCCCC. The highest BCUT2D eigenvalue weighted by molar-refractivity contribution is 7.46. The van der Waals surface area contributed by atoms with E-state index in [0.29, 0.717) is 12.8 Å². The van der Waals surface area contributed by atoms with Crippen LogP contribution < -0.4 is 0 Å². The van der Waals surface area contributed by atoms with Gasteiger partial charge in [-0.3, -0.25) is 14.1 Å². The van der Waals surface area contributed by atoms with Gasteiger partial charge in [-0.15, -0.1) is 0 Å². The summed E-state index contributed by atoms with van der Waals surface area (Å²) >= 11 is 0. The predicted molar refractivity (Wildman–Crippen MR) is 175 cm³/mol. The van der Waals surface area contributed by atoms with Gasteiger partial charge in [0.05, 0.1) is 6.61 Å². The molecule has 0 aliphatic heterocycles. The molecule has 9 heteroatoms. The van der Waals surface area contributed by atoms with Crippen LogP contribution in [0.1, 0.15) is 174 Å². The van der Waals surface area contributed by atoms with Gasteiger partial charge in [0.25, 0.3) is 0 Å². The van der Waals surface area contributed by atoms with Crippen LogP contribution in [0.2, 0.25) is 0 Å². The Hall–Kier alpha value is -1.21. The van der Waals surface area contributed by atoms with Gasteiger partial charge in [-0.25, -0.2) is 4.57 Å². The fraction of sp³-hybridized carbons (Fsp3) is 0.882. The Morgan fingerprint density at radius 2 is 0.977 bits per heavy atom. The molecule has 43 heavy (non-hydrogen) atoms. The zero-order valence-electron chi connectivity index (χ0n) is 27.6. The highest BCUT2D eigenvalue weighted by Gasteiger charge is 2.22. The van der Waals surface area contributed by atoms with Gasteiger partial charge in [0.1, 0.15) is 6.61 Å². The van der Waals surface area contributed by atoms with Crippen LogP contribution in [0.5, 0.6) is 0 Å². The van der Waals surface area contributed by atoms with Crippen LogP contribution in [-0.2, 0) is 28.2 Å². The summed E-state index contributed by atoms with van der Waals surface area (Å²) in [7, 11) is -4.74. The number of unbranched alkanes of at least 4 members (excludes halogenated alkanes) is 20. The van der Waals surface area contributed by atoms with Crippen LogP contribution in [0.4, 0.5) is 0 Å². The molecule has 2 N–H and O–H groups in total. The van der Waals surface area contributed by atoms with E-state index >= 15 is 0 Å². The van der Waals surface area contributed by atoms with Crippen LogP contribution in [-0.4, -0.2) is 41.0 Å². The molecule has 0 saturated heterocycles. The Balaban J connectivity index is 3.99. The number of hydrogen-bond donors (Lipinski definition) is 2. The van der Waals surface area contributed by atoms with Crippen molar-refractivity contribution in [3.63, 3.8) is 0 Å². The quantitative estimate of drug-likeness (QED) is 0.0325. The van der Waals surface area contributed by atoms with Crippen molar-refractivity contribution in [3.8, 4) is 0 Å². The van der Waals surface area contributed by atoms with Crippen LogP contribution in [0.3, 0.4) is 0 Å². The number of carbonyl (C=O) groups is 2. The first-order valence-corrected chi connectivity index (χ1v) is 19.0. The lowest BCUT2D eigenvalue weighted by atomic mass is 10.0. The van der Waals surface area contributed by atoms with Gasteiger partial charge in [0.2, 0.25) is 0 Å². The largest absolute Gasteiger partial charge is 0.469 e. The first kappa shape index (κ1) is 41.8. The summed E-state index contributed by atoms with van der Waals surface area (Å²) in [5, 5.41) is 0. The molecule has 8 nitrogen and oxygen atoms in total. The van der Waals surface area contributed by atoms with Crippen LogP contribution in [0.25, 0.3) is 0 Å². The second-order valence-electron chi connectivity index (χ2n) is 11.8. The zero-order valence-corrected chi connectivity index (χ0v) is 28.5. The molecule has 254 valence electrons. The van der Waals surface area contributed by atoms with Gasteiger partial charge < -0.3 is 19.3 Å². The summed E-state index contributed by atoms with van der Waals surface area (Å²) in [5.41, 5.74) is 0. The average Bonchev–Trinajstić information content (AvgIpc) is 2.97. The van der Waals surface area contributed by atoms with Crippen molar-refractivity contribution in [1.29, 1.82) is 0 Å². The van der Waals surface area contributed by atoms with Crippen molar-refractivity contribution in [2.45, 2.75) is 180 Å². The number of hydrogen-bond acceptors (Lipinski definition) is 6. The van der Waals surface area contributed by atoms with Gasteiger partial charge in [0, 0.05) is 12.8 Å². The first-order valence-electron chi connectivity index (χ1n) is 17.5. The average molecular weight is 633 g/mol. The third-order valence-electron chi connectivity index (χ3n) is 7.53. The molecule has 0 heterocycles. The lowest BCUT2D eigenvalue weighted by Gasteiger charge is -2.18. The zero-order chi connectivity index (χ0) is 31.9. The maximum absolute atomic E-state index is 12.3. The second-order valence-corrected chi connectivity index (χ2v) is 13.1. The van der Waals surface area contributed by atoms with Crippen LogP contribution >= 0.6 is 7.82 Å². The first-order chi connectivity index (χ1) is 20.8. The Morgan fingerprint density at radius 1 is 0.581 bits per heavy atom. The number of rotatable bonds is 32. The number of allylic oxidation sites excluding steroid dienone is 2. The summed E-state index contributed by atoms with van der Waals surface area (Å²) in [6.07, 6.45) is 30.7. The molecule has 0 aromatic heterocycles. The minimum atomic E-state index is -4.74. The van der Waals surface area contributed by atoms with Crippen molar-refractivity contribution >= 4 is 19.8 Å². The minimum absolute atomic E-state index is 0.215. The van der Waals surface area contributed by atoms with Gasteiger partial charge in [0.15, 0.2) is 6.10 Å². The smallest absolute Gasteiger partial charge is 0.462 e. The molecule has 0 saturated carbocycles. The fourth-order valence-electron chi connectivity index (χ4n) is 4.90. The summed E-state index contributed by atoms with van der Waals surface area (Å²) in [4.78, 5) is 42.5. The molecule has 0 aliphatic carbocycles. The maximum Gasteiger partial charge on any atom is 0.469 e. The molecule has 0 spiro atoms. The second kappa shape index (κ2) is 30.8. The molecule has 0 unspecified atom stereocenters. The van der Waals surface area contributed by atoms with Crippen LogP contribution in [0, 0.1) is 0 Å². The third kappa shape index (κ3) is 33.5. The molecule has 0 bridgehead atoms. The van der Waals surface area contributed by atoms with E-state index in [1.165, 1.54) is 83.5 Å². The molecule has 0 fully saturated rings. The monoisotopic (exact) mass is 632 g/mol. The fourth-order valence-corrected chi connectivity index (χ4v) is 5.26. The Kier molecular flexibility index (Phi) is 29.9. The Bertz CT molecular complexity index is 721. The van der Waals surface area contributed by atoms with Gasteiger partial charge in [-0.2, -0.15) is 0 Å². The molecule has 1 atom stereocenters. The van der Waals surface area contributed by atoms with E-state index in [-0.39, 0.29) is 19.4 Å². The maximum atomic E-state index is 12.3. The standard InChI is InChI=1S/C34H65O8P/c1-3-5-7-9-11-13-15-17-19-21-23-25-27-29-34(36)42-32(31-41-43(37,38)39)30-40-33(35)28-26-24-22-20-18-16-14-12-10-8-6-4-2/h12,14,32H,3-11,13,15-31H2,1-2H3,(H2,37,38,39)/b14-12-/t32-/m1/s1. The van der Waals surface area contributed by atoms with E-state index in [1.54, 1.807) is 0 Å². The lowest BCUT2D eigenvalue weighted by Crippen LogP contribution is -2.29. The van der Waals surface area contributed by atoms with Crippen molar-refractivity contribution < 1.29 is 37.9 Å². The predicted octanol–water partition coefficient (Wildman–Crippen LogP) is 9.90. The molecular formula is C34H65O8P. The topological polar surface area (TPSA) is 119 Å². The molecule has 0 aromatic carbocycles. The van der Waals surface area contributed by atoms with Crippen molar-refractivity contribution in [1.82, 2.24) is 0 Å². The van der Waals surface area contributed by atoms with Crippen LogP contribution in [0.15, 0.2) is 12.2 Å². The summed E-state index contributed by atoms with van der Waals surface area (Å²) in [5.74, 6) is -0.891. The summed E-state index contributed by atoms with van der Waals surface area (Å²) < 4.78 is 26.2. The molecule has 0 amide bonds. The summed E-state index contributed by atoms with van der Waals surface area (Å²) in [6.45, 7) is 3.64. The molecule has 0 aromatic rings. The number of phosphoric ester groups is 1. The van der Waals surface area contributed by atoms with E-state index in [9.17, 15) is 14.2 Å². The van der Waals surface area contributed by atoms with Crippen molar-refractivity contribution in [2.24, 2.45) is 0 Å². The lowest BCUT2D eigenvalue weighted by molar-refractivity contribution is -0.161. The Morgan fingerprint density at radius 3 is 1.47 bits per heavy atom. The highest BCUT2D eigenvalue weighted by atomic mass is 31.2. The normalized spacial score (nSPS) is 12.6. The van der Waals surface area contributed by atoms with E-state index in [0.717, 1.165) is 51.4 Å². The third-order valence-corrected chi connectivity index (χ3v) is 8.02. The van der Waals surface area contributed by atoms with Gasteiger partial charge in [-0.05, 0) is 38.5 Å². The number of phosphoric acid groups is 1. The molecule has 0 aliphatic rings. The van der Waals surface area contributed by atoms with Crippen molar-refractivity contribution in [3.05, 3.63) is 12.2 Å². The molecular weight excluding hydrogens is 567 g/mol. The van der Waals surface area contributed by atoms with E-state index in [1.807, 2.05) is 0 Å². The number of ether oxygens (including phenoxy) is 2. The van der Waals surface area contributed by atoms with Gasteiger partial charge in [-0.1, -0.05) is 135 Å². The minimum Gasteiger partial charge on any atom is -0.462 e. The number of esters is 2. The van der Waals surface area contributed by atoms with E-state index in [2.05, 4.69) is 30.5 Å².